The van der Waals surface area contributed by atoms with Crippen molar-refractivity contribution in [2.75, 3.05) is 18.1 Å². The number of anilines is 1. The zero-order valence-corrected chi connectivity index (χ0v) is 15.1. The summed E-state index contributed by atoms with van der Waals surface area (Å²) in [6.07, 6.45) is 8.61. The Hall–Kier alpha value is -1.40. The summed E-state index contributed by atoms with van der Waals surface area (Å²) in [5.74, 6) is 0.764. The summed E-state index contributed by atoms with van der Waals surface area (Å²) in [6, 6.07) is 5.84. The van der Waals surface area contributed by atoms with Gasteiger partial charge in [-0.25, -0.2) is 8.42 Å². The highest BCUT2D eigenvalue weighted by molar-refractivity contribution is 7.88. The minimum atomic E-state index is -3.18. The molecule has 0 bridgehead atoms. The quantitative estimate of drug-likeness (QED) is 0.888. The number of hydrogen-bond donors (Lipinski definition) is 1. The highest BCUT2D eigenvalue weighted by Gasteiger charge is 2.23. The molecule has 1 fully saturated rings. The molecule has 0 radical (unpaired) electrons. The summed E-state index contributed by atoms with van der Waals surface area (Å²) in [5, 5.41) is 2.96. The van der Waals surface area contributed by atoms with Gasteiger partial charge < -0.3 is 5.32 Å². The molecule has 0 atom stereocenters. The van der Waals surface area contributed by atoms with Crippen LogP contribution in [-0.4, -0.2) is 31.4 Å². The van der Waals surface area contributed by atoms with Gasteiger partial charge in [0.2, 0.25) is 15.9 Å². The number of nitrogens with zero attached hydrogens (tertiary/aromatic N) is 1. The second-order valence-corrected chi connectivity index (χ2v) is 9.05. The van der Waals surface area contributed by atoms with E-state index in [0.717, 1.165) is 24.1 Å². The fourth-order valence-electron chi connectivity index (χ4n) is 3.75. The van der Waals surface area contributed by atoms with Crippen molar-refractivity contribution in [3.8, 4) is 0 Å². The van der Waals surface area contributed by atoms with E-state index >= 15 is 0 Å². The number of hydrogen-bond acceptors (Lipinski definition) is 3. The van der Waals surface area contributed by atoms with Crippen molar-refractivity contribution in [3.05, 3.63) is 29.3 Å². The molecule has 6 heteroatoms. The number of benzene rings is 1. The zero-order valence-electron chi connectivity index (χ0n) is 14.3. The van der Waals surface area contributed by atoms with Crippen molar-refractivity contribution < 1.29 is 13.2 Å². The van der Waals surface area contributed by atoms with Gasteiger partial charge in [0.1, 0.15) is 0 Å². The Morgan fingerprint density at radius 1 is 1.25 bits per heavy atom. The fourth-order valence-corrected chi connectivity index (χ4v) is 4.55. The lowest BCUT2D eigenvalue weighted by Crippen LogP contribution is -2.35. The number of rotatable bonds is 5. The first kappa shape index (κ1) is 17.4. The third-order valence-electron chi connectivity index (χ3n) is 5.19. The van der Waals surface area contributed by atoms with Gasteiger partial charge in [0.15, 0.2) is 0 Å². The highest BCUT2D eigenvalue weighted by atomic mass is 32.2. The smallest absolute Gasteiger partial charge is 0.224 e. The van der Waals surface area contributed by atoms with Gasteiger partial charge in [-0.1, -0.05) is 31.7 Å². The van der Waals surface area contributed by atoms with E-state index in [0.29, 0.717) is 25.4 Å². The molecule has 24 heavy (non-hydrogen) atoms. The molecule has 3 rings (SSSR count). The van der Waals surface area contributed by atoms with Crippen molar-refractivity contribution in [2.24, 2.45) is 5.92 Å². The van der Waals surface area contributed by atoms with E-state index in [1.54, 1.807) is 0 Å². The molecule has 1 saturated carbocycles. The Kier molecular flexibility index (Phi) is 5.25. The Balaban J connectivity index is 1.60. The Morgan fingerprint density at radius 3 is 2.71 bits per heavy atom. The molecule has 0 saturated heterocycles. The summed E-state index contributed by atoms with van der Waals surface area (Å²) in [6.45, 7) is 0.916. The van der Waals surface area contributed by atoms with Crippen LogP contribution in [0.15, 0.2) is 18.2 Å². The molecule has 132 valence electrons. The van der Waals surface area contributed by atoms with Crippen LogP contribution < -0.4 is 5.32 Å². The van der Waals surface area contributed by atoms with Gasteiger partial charge in [-0.15, -0.1) is 0 Å². The second kappa shape index (κ2) is 7.23. The van der Waals surface area contributed by atoms with Gasteiger partial charge in [0.25, 0.3) is 0 Å². The van der Waals surface area contributed by atoms with E-state index in [9.17, 15) is 13.2 Å². The monoisotopic (exact) mass is 350 g/mol. The number of amides is 1. The normalized spacial score (nSPS) is 19.2. The predicted octanol–water partition coefficient (Wildman–Crippen LogP) is 2.91. The lowest BCUT2D eigenvalue weighted by Gasteiger charge is -2.27. The van der Waals surface area contributed by atoms with Gasteiger partial charge in [-0.2, -0.15) is 4.31 Å². The minimum absolute atomic E-state index is 0.0534. The Bertz CT molecular complexity index is 709. The van der Waals surface area contributed by atoms with E-state index < -0.39 is 10.0 Å². The van der Waals surface area contributed by atoms with E-state index in [1.165, 1.54) is 41.8 Å². The minimum Gasteiger partial charge on any atom is -0.326 e. The third-order valence-corrected chi connectivity index (χ3v) is 6.44. The van der Waals surface area contributed by atoms with Crippen LogP contribution in [0.1, 0.15) is 49.7 Å². The standard InChI is InChI=1S/C18H26N2O3S/c1-24(22,23)20-11-10-15-7-8-17(12-16(15)13-20)19-18(21)9-6-14-4-2-3-5-14/h7-8,12,14H,2-6,9-11,13H2,1H3,(H,19,21). The van der Waals surface area contributed by atoms with Crippen molar-refractivity contribution >= 4 is 21.6 Å². The number of carbonyl (C=O) groups excluding carboxylic acids is 1. The van der Waals surface area contributed by atoms with Crippen molar-refractivity contribution in [1.82, 2.24) is 4.31 Å². The van der Waals surface area contributed by atoms with E-state index in [4.69, 9.17) is 0 Å². The molecule has 0 aromatic heterocycles. The van der Waals surface area contributed by atoms with E-state index in [2.05, 4.69) is 5.32 Å². The molecule has 1 heterocycles. The van der Waals surface area contributed by atoms with Gasteiger partial charge >= 0.3 is 0 Å². The van der Waals surface area contributed by atoms with Crippen LogP contribution in [0.25, 0.3) is 0 Å². The summed E-state index contributed by atoms with van der Waals surface area (Å²) < 4.78 is 24.9. The van der Waals surface area contributed by atoms with Crippen molar-refractivity contribution in [2.45, 2.75) is 51.5 Å². The maximum absolute atomic E-state index is 12.1. The van der Waals surface area contributed by atoms with Crippen LogP contribution in [0, 0.1) is 5.92 Å². The molecular weight excluding hydrogens is 324 g/mol. The molecule has 0 unspecified atom stereocenters. The van der Waals surface area contributed by atoms with Crippen LogP contribution in [0.3, 0.4) is 0 Å². The molecule has 0 spiro atoms. The average molecular weight is 350 g/mol. The zero-order chi connectivity index (χ0) is 17.2. The van der Waals surface area contributed by atoms with Crippen LogP contribution in [0.4, 0.5) is 5.69 Å². The average Bonchev–Trinajstić information content (AvgIpc) is 3.05. The molecule has 1 aromatic carbocycles. The first-order valence-corrected chi connectivity index (χ1v) is 10.6. The summed E-state index contributed by atoms with van der Waals surface area (Å²) >= 11 is 0. The predicted molar refractivity (Wildman–Crippen MR) is 95.2 cm³/mol. The van der Waals surface area contributed by atoms with Crippen LogP contribution in [0.2, 0.25) is 0 Å². The van der Waals surface area contributed by atoms with Crippen LogP contribution >= 0.6 is 0 Å². The molecule has 1 N–H and O–H groups in total. The fraction of sp³-hybridized carbons (Fsp3) is 0.611. The highest BCUT2D eigenvalue weighted by Crippen LogP contribution is 2.29. The van der Waals surface area contributed by atoms with Gasteiger partial charge in [-0.3, -0.25) is 4.79 Å². The third kappa shape index (κ3) is 4.36. The number of nitrogens with one attached hydrogen (secondary N) is 1. The van der Waals surface area contributed by atoms with Gasteiger partial charge in [0, 0.05) is 25.2 Å². The van der Waals surface area contributed by atoms with Gasteiger partial charge in [0.05, 0.1) is 6.26 Å². The molecule has 1 aromatic rings. The van der Waals surface area contributed by atoms with Crippen LogP contribution in [0.5, 0.6) is 0 Å². The first-order chi connectivity index (χ1) is 11.4. The molecule has 1 aliphatic heterocycles. The lowest BCUT2D eigenvalue weighted by molar-refractivity contribution is -0.116. The molecule has 1 aliphatic carbocycles. The molecular formula is C18H26N2O3S. The molecule has 1 amide bonds. The SMILES string of the molecule is CS(=O)(=O)N1CCc2ccc(NC(=O)CCC3CCCC3)cc2C1. The molecule has 2 aliphatic rings. The van der Waals surface area contributed by atoms with Crippen molar-refractivity contribution in [3.63, 3.8) is 0 Å². The summed E-state index contributed by atoms with van der Waals surface area (Å²) in [5.41, 5.74) is 2.92. The number of fused-ring (bicyclic) bond motifs is 1. The number of carbonyl (C=O) groups is 1. The largest absolute Gasteiger partial charge is 0.326 e. The lowest BCUT2D eigenvalue weighted by atomic mass is 10.00. The Labute approximate surface area is 144 Å². The first-order valence-electron chi connectivity index (χ1n) is 8.78. The molecule has 5 nitrogen and oxygen atoms in total. The summed E-state index contributed by atoms with van der Waals surface area (Å²) in [7, 11) is -3.18. The topological polar surface area (TPSA) is 66.5 Å². The van der Waals surface area contributed by atoms with Crippen molar-refractivity contribution in [1.29, 1.82) is 0 Å². The van der Waals surface area contributed by atoms with E-state index in [-0.39, 0.29) is 5.91 Å². The van der Waals surface area contributed by atoms with Gasteiger partial charge in [-0.05, 0) is 42.0 Å². The maximum atomic E-state index is 12.1. The maximum Gasteiger partial charge on any atom is 0.224 e. The van der Waals surface area contributed by atoms with Crippen LogP contribution in [-0.2, 0) is 27.8 Å². The number of sulfonamides is 1. The summed E-state index contributed by atoms with van der Waals surface area (Å²) in [4.78, 5) is 12.1. The van der Waals surface area contributed by atoms with E-state index in [1.807, 2.05) is 18.2 Å². The Morgan fingerprint density at radius 2 is 2.00 bits per heavy atom. The second-order valence-electron chi connectivity index (χ2n) is 7.07.